The lowest BCUT2D eigenvalue weighted by atomic mass is 9.92. The molecular formula is C18H19N5O2. The van der Waals surface area contributed by atoms with Gasteiger partial charge in [-0.05, 0) is 18.6 Å². The quantitative estimate of drug-likeness (QED) is 0.743. The van der Waals surface area contributed by atoms with Crippen molar-refractivity contribution >= 4 is 5.91 Å². The molecule has 1 aromatic carbocycles. The van der Waals surface area contributed by atoms with Crippen LogP contribution in [-0.4, -0.2) is 39.6 Å². The van der Waals surface area contributed by atoms with Crippen LogP contribution in [0.3, 0.4) is 0 Å². The van der Waals surface area contributed by atoms with E-state index in [2.05, 4.69) is 20.6 Å². The highest BCUT2D eigenvalue weighted by Gasteiger charge is 2.29. The van der Waals surface area contributed by atoms with E-state index in [0.717, 1.165) is 5.56 Å². The third kappa shape index (κ3) is 3.72. The Labute approximate surface area is 145 Å². The summed E-state index contributed by atoms with van der Waals surface area (Å²) in [5.74, 6) is -0.238. The predicted molar refractivity (Wildman–Crippen MR) is 92.3 cm³/mol. The molecule has 2 aromatic heterocycles. The largest absolute Gasteiger partial charge is 0.382 e. The van der Waals surface area contributed by atoms with Crippen LogP contribution < -0.4 is 5.32 Å². The molecule has 0 spiro atoms. The van der Waals surface area contributed by atoms with Crippen LogP contribution in [0.5, 0.6) is 0 Å². The Kier molecular flexibility index (Phi) is 4.85. The lowest BCUT2D eigenvalue weighted by Crippen LogP contribution is -2.46. The van der Waals surface area contributed by atoms with Crippen LogP contribution in [0.4, 0.5) is 0 Å². The lowest BCUT2D eigenvalue weighted by Gasteiger charge is -2.30. The molecule has 1 N–H and O–H groups in total. The van der Waals surface area contributed by atoms with Gasteiger partial charge in [-0.15, -0.1) is 5.10 Å². The molecule has 0 aliphatic carbocycles. The second-order valence-corrected chi connectivity index (χ2v) is 5.86. The first-order valence-electron chi connectivity index (χ1n) is 7.81. The lowest BCUT2D eigenvalue weighted by molar-refractivity contribution is 0.0785. The van der Waals surface area contributed by atoms with Crippen LogP contribution >= 0.6 is 0 Å². The molecule has 2 heterocycles. The van der Waals surface area contributed by atoms with E-state index < -0.39 is 5.54 Å². The number of ether oxygens (including phenoxy) is 1. The van der Waals surface area contributed by atoms with Crippen molar-refractivity contribution in [1.82, 2.24) is 25.3 Å². The van der Waals surface area contributed by atoms with Crippen molar-refractivity contribution in [3.05, 3.63) is 72.3 Å². The summed E-state index contributed by atoms with van der Waals surface area (Å²) in [7, 11) is 1.61. The maximum absolute atomic E-state index is 12.8. The van der Waals surface area contributed by atoms with E-state index in [0.29, 0.717) is 17.9 Å². The molecule has 0 aliphatic heterocycles. The van der Waals surface area contributed by atoms with Gasteiger partial charge in [0.15, 0.2) is 0 Å². The van der Waals surface area contributed by atoms with Gasteiger partial charge in [-0.1, -0.05) is 35.5 Å². The molecule has 0 fully saturated rings. The molecule has 7 heteroatoms. The summed E-state index contributed by atoms with van der Waals surface area (Å²) in [6.07, 6.45) is 6.40. The fourth-order valence-electron chi connectivity index (χ4n) is 2.63. The molecule has 0 radical (unpaired) electrons. The van der Waals surface area contributed by atoms with Gasteiger partial charge in [0.1, 0.15) is 0 Å². The van der Waals surface area contributed by atoms with Crippen LogP contribution in [0.1, 0.15) is 22.8 Å². The predicted octanol–water partition coefficient (Wildman–Crippen LogP) is 1.95. The third-order valence-electron chi connectivity index (χ3n) is 3.91. The minimum absolute atomic E-state index is 0.238. The molecule has 0 saturated carbocycles. The first kappa shape index (κ1) is 16.8. The van der Waals surface area contributed by atoms with Gasteiger partial charge in [0.05, 0.1) is 42.0 Å². The first-order chi connectivity index (χ1) is 12.1. The number of hydrogen-bond donors (Lipinski definition) is 1. The number of methoxy groups -OCH3 is 1. The average Bonchev–Trinajstić information content (AvgIpc) is 3.17. The second-order valence-electron chi connectivity index (χ2n) is 5.86. The van der Waals surface area contributed by atoms with E-state index in [9.17, 15) is 4.79 Å². The van der Waals surface area contributed by atoms with Crippen molar-refractivity contribution in [2.45, 2.75) is 12.5 Å². The number of nitrogens with one attached hydrogen (secondary N) is 1. The molecular weight excluding hydrogens is 318 g/mol. The van der Waals surface area contributed by atoms with Crippen LogP contribution in [0.2, 0.25) is 0 Å². The number of rotatable bonds is 6. The van der Waals surface area contributed by atoms with Gasteiger partial charge < -0.3 is 10.1 Å². The SMILES string of the molecule is COCC(C)(NC(=O)c1cncc(-n2ccnn2)c1)c1ccccc1. The number of amides is 1. The summed E-state index contributed by atoms with van der Waals surface area (Å²) in [6.45, 7) is 2.28. The number of hydrogen-bond acceptors (Lipinski definition) is 5. The van der Waals surface area contributed by atoms with Gasteiger partial charge in [-0.3, -0.25) is 9.78 Å². The fourth-order valence-corrected chi connectivity index (χ4v) is 2.63. The van der Waals surface area contributed by atoms with E-state index in [4.69, 9.17) is 4.74 Å². The zero-order valence-electron chi connectivity index (χ0n) is 14.1. The zero-order chi connectivity index (χ0) is 17.7. The molecule has 25 heavy (non-hydrogen) atoms. The van der Waals surface area contributed by atoms with E-state index in [1.165, 1.54) is 6.20 Å². The van der Waals surface area contributed by atoms with Crippen LogP contribution in [0.25, 0.3) is 5.69 Å². The Morgan fingerprint density at radius 1 is 1.28 bits per heavy atom. The zero-order valence-corrected chi connectivity index (χ0v) is 14.1. The number of pyridine rings is 1. The Morgan fingerprint density at radius 2 is 2.08 bits per heavy atom. The Bertz CT molecular complexity index is 836. The van der Waals surface area contributed by atoms with Gasteiger partial charge in [0, 0.05) is 13.3 Å². The van der Waals surface area contributed by atoms with E-state index in [1.807, 2.05) is 37.3 Å². The minimum atomic E-state index is -0.656. The molecule has 1 amide bonds. The van der Waals surface area contributed by atoms with Crippen molar-refractivity contribution in [2.75, 3.05) is 13.7 Å². The van der Waals surface area contributed by atoms with E-state index in [1.54, 1.807) is 36.4 Å². The van der Waals surface area contributed by atoms with Crippen LogP contribution in [-0.2, 0) is 10.3 Å². The highest BCUT2D eigenvalue weighted by molar-refractivity contribution is 5.95. The summed E-state index contributed by atoms with van der Waals surface area (Å²) in [5, 5.41) is 10.7. The van der Waals surface area contributed by atoms with Crippen molar-refractivity contribution < 1.29 is 9.53 Å². The molecule has 128 valence electrons. The van der Waals surface area contributed by atoms with Gasteiger partial charge >= 0.3 is 0 Å². The minimum Gasteiger partial charge on any atom is -0.382 e. The second kappa shape index (κ2) is 7.23. The van der Waals surface area contributed by atoms with Crippen LogP contribution in [0.15, 0.2) is 61.2 Å². The highest BCUT2D eigenvalue weighted by Crippen LogP contribution is 2.22. The highest BCUT2D eigenvalue weighted by atomic mass is 16.5. The summed E-state index contributed by atoms with van der Waals surface area (Å²) >= 11 is 0. The normalized spacial score (nSPS) is 13.2. The molecule has 3 rings (SSSR count). The first-order valence-corrected chi connectivity index (χ1v) is 7.81. The average molecular weight is 337 g/mol. The molecule has 0 bridgehead atoms. The molecule has 0 aliphatic rings. The maximum Gasteiger partial charge on any atom is 0.253 e. The molecule has 7 nitrogen and oxygen atoms in total. The van der Waals surface area contributed by atoms with Gasteiger partial charge in [0.2, 0.25) is 0 Å². The van der Waals surface area contributed by atoms with Crippen molar-refractivity contribution in [3.63, 3.8) is 0 Å². The summed E-state index contributed by atoms with van der Waals surface area (Å²) in [4.78, 5) is 16.9. The third-order valence-corrected chi connectivity index (χ3v) is 3.91. The Hall–Kier alpha value is -3.06. The molecule has 3 aromatic rings. The van der Waals surface area contributed by atoms with E-state index >= 15 is 0 Å². The maximum atomic E-state index is 12.8. The molecule has 0 saturated heterocycles. The van der Waals surface area contributed by atoms with Crippen molar-refractivity contribution in [3.8, 4) is 5.69 Å². The number of carbonyl (C=O) groups is 1. The number of carbonyl (C=O) groups excluding carboxylic acids is 1. The van der Waals surface area contributed by atoms with E-state index in [-0.39, 0.29) is 5.91 Å². The molecule has 1 atom stereocenters. The van der Waals surface area contributed by atoms with Gasteiger partial charge in [-0.25, -0.2) is 4.68 Å². The van der Waals surface area contributed by atoms with Gasteiger partial charge in [-0.2, -0.15) is 0 Å². The summed E-state index contributed by atoms with van der Waals surface area (Å²) in [6, 6.07) is 11.4. The standard InChI is InChI=1S/C18H19N5O2/c1-18(13-25-2,15-6-4-3-5-7-15)21-17(24)14-10-16(12-19-11-14)23-9-8-20-22-23/h3-12H,13H2,1-2H3,(H,21,24). The Balaban J connectivity index is 1.86. The van der Waals surface area contributed by atoms with Crippen molar-refractivity contribution in [1.29, 1.82) is 0 Å². The number of nitrogens with zero attached hydrogens (tertiary/aromatic N) is 4. The van der Waals surface area contributed by atoms with Crippen LogP contribution in [0, 0.1) is 0 Å². The monoisotopic (exact) mass is 337 g/mol. The van der Waals surface area contributed by atoms with Crippen molar-refractivity contribution in [2.24, 2.45) is 0 Å². The summed E-state index contributed by atoms with van der Waals surface area (Å²) in [5.41, 5.74) is 1.41. The topological polar surface area (TPSA) is 81.9 Å². The number of aromatic nitrogens is 4. The smallest absolute Gasteiger partial charge is 0.253 e. The van der Waals surface area contributed by atoms with Gasteiger partial charge in [0.25, 0.3) is 5.91 Å². The number of benzene rings is 1. The fraction of sp³-hybridized carbons (Fsp3) is 0.222. The Morgan fingerprint density at radius 3 is 2.76 bits per heavy atom. The summed E-state index contributed by atoms with van der Waals surface area (Å²) < 4.78 is 6.88. The molecule has 1 unspecified atom stereocenters.